The van der Waals surface area contributed by atoms with Gasteiger partial charge in [0.2, 0.25) is 15.9 Å². The third-order valence-corrected chi connectivity index (χ3v) is 6.93. The summed E-state index contributed by atoms with van der Waals surface area (Å²) in [6, 6.07) is 6.16. The Morgan fingerprint density at radius 2 is 2.00 bits per heavy atom. The van der Waals surface area contributed by atoms with Gasteiger partial charge in [-0.3, -0.25) is 4.79 Å². The summed E-state index contributed by atoms with van der Waals surface area (Å²) < 4.78 is 33.4. The second kappa shape index (κ2) is 5.82. The van der Waals surface area contributed by atoms with Crippen molar-refractivity contribution in [3.63, 3.8) is 0 Å². The molecule has 1 aromatic carbocycles. The number of benzene rings is 1. The Labute approximate surface area is 142 Å². The fourth-order valence-corrected chi connectivity index (χ4v) is 5.60. The zero-order valence-corrected chi connectivity index (χ0v) is 14.3. The van der Waals surface area contributed by atoms with Gasteiger partial charge in [0.15, 0.2) is 0 Å². The van der Waals surface area contributed by atoms with Crippen LogP contribution in [-0.4, -0.2) is 50.6 Å². The highest BCUT2D eigenvalue weighted by Crippen LogP contribution is 2.36. The van der Waals surface area contributed by atoms with Crippen LogP contribution in [0.4, 0.5) is 0 Å². The molecule has 2 aliphatic heterocycles. The molecule has 0 unspecified atom stereocenters. The Hall–Kier alpha value is -1.44. The lowest BCUT2D eigenvalue weighted by atomic mass is 9.98. The van der Waals surface area contributed by atoms with Gasteiger partial charge in [0.1, 0.15) is 6.04 Å². The number of hydrogen-bond donors (Lipinski definition) is 1. The summed E-state index contributed by atoms with van der Waals surface area (Å²) >= 11 is 0. The van der Waals surface area contributed by atoms with E-state index in [1.165, 1.54) is 0 Å². The Kier molecular flexibility index (Phi) is 3.89. The van der Waals surface area contributed by atoms with Crippen LogP contribution in [0.1, 0.15) is 31.2 Å². The molecule has 1 saturated heterocycles. The summed E-state index contributed by atoms with van der Waals surface area (Å²) in [6.07, 6.45) is 4.63. The Morgan fingerprint density at radius 1 is 1.25 bits per heavy atom. The first-order chi connectivity index (χ1) is 11.5. The van der Waals surface area contributed by atoms with Crippen LogP contribution in [0.2, 0.25) is 0 Å². The van der Waals surface area contributed by atoms with Gasteiger partial charge in [-0.25, -0.2) is 8.42 Å². The molecule has 6 nitrogen and oxygen atoms in total. The van der Waals surface area contributed by atoms with Crippen molar-refractivity contribution >= 4 is 15.9 Å². The monoisotopic (exact) mass is 350 g/mol. The van der Waals surface area contributed by atoms with Gasteiger partial charge in [-0.05, 0) is 30.9 Å². The number of carbonyl (C=O) groups excluding carboxylic acids is 1. The van der Waals surface area contributed by atoms with Gasteiger partial charge in [-0.2, -0.15) is 4.72 Å². The molecule has 1 aromatic rings. The SMILES string of the molecule is O=C([C@@H]1Cc2ccccc2S(=O)(=O)N1)N1CCOC2(CCCC2)C1. The van der Waals surface area contributed by atoms with Gasteiger partial charge < -0.3 is 9.64 Å². The highest BCUT2D eigenvalue weighted by molar-refractivity contribution is 7.89. The van der Waals surface area contributed by atoms with E-state index in [1.807, 2.05) is 6.07 Å². The van der Waals surface area contributed by atoms with Crippen LogP contribution in [0, 0.1) is 0 Å². The van der Waals surface area contributed by atoms with Crippen LogP contribution in [0.5, 0.6) is 0 Å². The van der Waals surface area contributed by atoms with E-state index in [0.717, 1.165) is 25.7 Å². The third-order valence-electron chi connectivity index (χ3n) is 5.36. The van der Waals surface area contributed by atoms with E-state index in [1.54, 1.807) is 23.1 Å². The Balaban J connectivity index is 1.55. The molecule has 7 heteroatoms. The molecule has 1 amide bonds. The van der Waals surface area contributed by atoms with Crippen molar-refractivity contribution in [3.05, 3.63) is 29.8 Å². The maximum Gasteiger partial charge on any atom is 0.241 e. The normalized spacial score (nSPS) is 27.8. The van der Waals surface area contributed by atoms with Crippen molar-refractivity contribution in [1.82, 2.24) is 9.62 Å². The first-order valence-electron chi connectivity index (χ1n) is 8.52. The zero-order valence-electron chi connectivity index (χ0n) is 13.5. The molecule has 0 aromatic heterocycles. The molecule has 1 aliphatic carbocycles. The summed E-state index contributed by atoms with van der Waals surface area (Å²) in [5.41, 5.74) is 0.498. The van der Waals surface area contributed by atoms with Gasteiger partial charge >= 0.3 is 0 Å². The summed E-state index contributed by atoms with van der Waals surface area (Å²) in [5.74, 6) is -0.136. The van der Waals surface area contributed by atoms with Crippen LogP contribution in [0.3, 0.4) is 0 Å². The Bertz CT molecular complexity index is 756. The fourth-order valence-electron chi connectivity index (χ4n) is 4.16. The van der Waals surface area contributed by atoms with Crippen molar-refractivity contribution in [2.45, 2.75) is 48.6 Å². The van der Waals surface area contributed by atoms with E-state index in [-0.39, 0.29) is 16.4 Å². The van der Waals surface area contributed by atoms with Crippen LogP contribution in [0.15, 0.2) is 29.2 Å². The van der Waals surface area contributed by atoms with E-state index < -0.39 is 16.1 Å². The second-order valence-corrected chi connectivity index (χ2v) is 8.67. The number of nitrogens with zero attached hydrogens (tertiary/aromatic N) is 1. The van der Waals surface area contributed by atoms with E-state index in [2.05, 4.69) is 4.72 Å². The summed E-state index contributed by atoms with van der Waals surface area (Å²) in [7, 11) is -3.63. The van der Waals surface area contributed by atoms with E-state index in [9.17, 15) is 13.2 Å². The lowest BCUT2D eigenvalue weighted by Gasteiger charge is -2.42. The molecule has 3 aliphatic rings. The van der Waals surface area contributed by atoms with Crippen molar-refractivity contribution in [3.8, 4) is 0 Å². The number of rotatable bonds is 1. The zero-order chi connectivity index (χ0) is 16.8. The summed E-state index contributed by atoms with van der Waals surface area (Å²) in [4.78, 5) is 15.0. The number of ether oxygens (including phenoxy) is 1. The average Bonchev–Trinajstić information content (AvgIpc) is 3.01. The molecule has 1 N–H and O–H groups in total. The molecule has 24 heavy (non-hydrogen) atoms. The maximum atomic E-state index is 12.9. The van der Waals surface area contributed by atoms with Gasteiger partial charge in [0.25, 0.3) is 0 Å². The quantitative estimate of drug-likeness (QED) is 0.822. The molecule has 2 heterocycles. The smallest absolute Gasteiger partial charge is 0.241 e. The minimum Gasteiger partial charge on any atom is -0.371 e. The van der Waals surface area contributed by atoms with Gasteiger partial charge in [-0.1, -0.05) is 31.0 Å². The molecule has 1 spiro atoms. The van der Waals surface area contributed by atoms with Gasteiger partial charge in [0.05, 0.1) is 17.1 Å². The molecule has 2 fully saturated rings. The van der Waals surface area contributed by atoms with E-state index in [4.69, 9.17) is 4.74 Å². The number of nitrogens with one attached hydrogen (secondary N) is 1. The molecule has 130 valence electrons. The third kappa shape index (κ3) is 2.74. The number of carbonyl (C=O) groups is 1. The average molecular weight is 350 g/mol. The van der Waals surface area contributed by atoms with Crippen LogP contribution < -0.4 is 4.72 Å². The maximum absolute atomic E-state index is 12.9. The Morgan fingerprint density at radius 3 is 2.79 bits per heavy atom. The standard InChI is InChI=1S/C17H22N2O4S/c20-16(19-9-10-23-17(12-19)7-3-4-8-17)14-11-13-5-1-2-6-15(13)24(21,22)18-14/h1-2,5-6,14,18H,3-4,7-12H2/t14-/m0/s1. The van der Waals surface area contributed by atoms with Gasteiger partial charge in [0, 0.05) is 13.1 Å². The molecular weight excluding hydrogens is 328 g/mol. The molecule has 0 radical (unpaired) electrons. The molecule has 0 bridgehead atoms. The van der Waals surface area contributed by atoms with Crippen LogP contribution in [-0.2, 0) is 26.0 Å². The second-order valence-electron chi connectivity index (χ2n) is 6.98. The summed E-state index contributed by atoms with van der Waals surface area (Å²) in [5, 5.41) is 0. The van der Waals surface area contributed by atoms with Crippen molar-refractivity contribution in [2.75, 3.05) is 19.7 Å². The number of amides is 1. The van der Waals surface area contributed by atoms with E-state index in [0.29, 0.717) is 31.7 Å². The first-order valence-corrected chi connectivity index (χ1v) is 10.0. The lowest BCUT2D eigenvalue weighted by Crippen LogP contribution is -2.58. The highest BCUT2D eigenvalue weighted by Gasteiger charge is 2.43. The minimum atomic E-state index is -3.63. The first kappa shape index (κ1) is 16.1. The van der Waals surface area contributed by atoms with Gasteiger partial charge in [-0.15, -0.1) is 0 Å². The van der Waals surface area contributed by atoms with Crippen LogP contribution in [0.25, 0.3) is 0 Å². The number of morpholine rings is 1. The van der Waals surface area contributed by atoms with Crippen molar-refractivity contribution < 1.29 is 17.9 Å². The van der Waals surface area contributed by atoms with Crippen LogP contribution >= 0.6 is 0 Å². The molecule has 1 atom stereocenters. The number of fused-ring (bicyclic) bond motifs is 1. The largest absolute Gasteiger partial charge is 0.371 e. The van der Waals surface area contributed by atoms with E-state index >= 15 is 0 Å². The molecule has 1 saturated carbocycles. The summed E-state index contributed by atoms with van der Waals surface area (Å²) in [6.45, 7) is 1.63. The topological polar surface area (TPSA) is 75.7 Å². The van der Waals surface area contributed by atoms with Crippen molar-refractivity contribution in [1.29, 1.82) is 0 Å². The fraction of sp³-hybridized carbons (Fsp3) is 0.588. The lowest BCUT2D eigenvalue weighted by molar-refractivity contribution is -0.151. The molecular formula is C17H22N2O4S. The predicted molar refractivity (Wildman–Crippen MR) is 88.0 cm³/mol. The number of hydrogen-bond acceptors (Lipinski definition) is 4. The van der Waals surface area contributed by atoms with Crippen molar-refractivity contribution in [2.24, 2.45) is 0 Å². The number of sulfonamides is 1. The molecule has 4 rings (SSSR count). The predicted octanol–water partition coefficient (Wildman–Crippen LogP) is 1.06. The minimum absolute atomic E-state index is 0.136. The highest BCUT2D eigenvalue weighted by atomic mass is 32.2.